The van der Waals surface area contributed by atoms with Crippen molar-refractivity contribution in [3.8, 4) is 0 Å². The van der Waals surface area contributed by atoms with Crippen molar-refractivity contribution in [2.24, 2.45) is 0 Å². The van der Waals surface area contributed by atoms with Gasteiger partial charge in [0.1, 0.15) is 0 Å². The molecule has 0 amide bonds. The highest BCUT2D eigenvalue weighted by Crippen LogP contribution is 2.35. The summed E-state index contributed by atoms with van der Waals surface area (Å²) >= 11 is 1.83. The van der Waals surface area contributed by atoms with E-state index in [9.17, 15) is 0 Å². The van der Waals surface area contributed by atoms with Crippen molar-refractivity contribution in [1.29, 1.82) is 0 Å². The van der Waals surface area contributed by atoms with Crippen molar-refractivity contribution in [2.75, 3.05) is 19.8 Å². The average Bonchev–Trinajstić information content (AvgIpc) is 2.93. The number of hydrogen-bond donors (Lipinski definition) is 1. The van der Waals surface area contributed by atoms with E-state index in [-0.39, 0.29) is 5.60 Å². The fourth-order valence-electron chi connectivity index (χ4n) is 3.24. The van der Waals surface area contributed by atoms with Crippen LogP contribution in [0.5, 0.6) is 0 Å². The van der Waals surface area contributed by atoms with Crippen LogP contribution in [0.1, 0.15) is 43.5 Å². The molecule has 3 nitrogen and oxygen atoms in total. The van der Waals surface area contributed by atoms with Crippen molar-refractivity contribution in [1.82, 2.24) is 5.32 Å². The Morgan fingerprint density at radius 1 is 1.37 bits per heavy atom. The molecule has 1 aromatic heterocycles. The molecule has 1 unspecified atom stereocenters. The minimum absolute atomic E-state index is 0.0866. The fraction of sp³-hybridized carbons (Fsp3) is 0.733. The zero-order valence-electron chi connectivity index (χ0n) is 11.6. The lowest BCUT2D eigenvalue weighted by molar-refractivity contribution is -0.140. The van der Waals surface area contributed by atoms with Crippen LogP contribution in [-0.4, -0.2) is 31.5 Å². The average molecular weight is 281 g/mol. The molecule has 4 heteroatoms. The Kier molecular flexibility index (Phi) is 4.22. The molecule has 1 aromatic rings. The molecule has 0 aliphatic carbocycles. The molecule has 1 N–H and O–H groups in total. The molecule has 0 aromatic carbocycles. The highest BCUT2D eigenvalue weighted by molar-refractivity contribution is 7.10. The summed E-state index contributed by atoms with van der Waals surface area (Å²) in [6.45, 7) is 4.85. The maximum absolute atomic E-state index is 6.09. The van der Waals surface area contributed by atoms with Gasteiger partial charge < -0.3 is 14.8 Å². The van der Waals surface area contributed by atoms with E-state index in [2.05, 4.69) is 29.8 Å². The van der Waals surface area contributed by atoms with Crippen LogP contribution in [0.25, 0.3) is 0 Å². The van der Waals surface area contributed by atoms with Gasteiger partial charge >= 0.3 is 0 Å². The lowest BCUT2D eigenvalue weighted by Crippen LogP contribution is -2.50. The van der Waals surface area contributed by atoms with Gasteiger partial charge in [-0.2, -0.15) is 0 Å². The first-order valence-electron chi connectivity index (χ1n) is 7.29. The molecule has 3 heterocycles. The summed E-state index contributed by atoms with van der Waals surface area (Å²) in [4.78, 5) is 1.42. The Bertz CT molecular complexity index is 381. The maximum atomic E-state index is 6.09. The van der Waals surface area contributed by atoms with E-state index in [4.69, 9.17) is 9.47 Å². The SMILES string of the molecule is C[C@H](NC1CCOC2(CCOCC2)C1)c1cccs1. The van der Waals surface area contributed by atoms with E-state index in [1.165, 1.54) is 4.88 Å². The summed E-state index contributed by atoms with van der Waals surface area (Å²) < 4.78 is 11.6. The standard InChI is InChI=1S/C15H23NO2S/c1-12(14-3-2-10-19-14)16-13-4-7-18-15(11-13)5-8-17-9-6-15/h2-3,10,12-13,16H,4-9,11H2,1H3/t12-,13?/m0/s1. The van der Waals surface area contributed by atoms with Gasteiger partial charge in [-0.25, -0.2) is 0 Å². The van der Waals surface area contributed by atoms with Gasteiger partial charge in [0.25, 0.3) is 0 Å². The molecule has 2 atom stereocenters. The second-order valence-corrected chi connectivity index (χ2v) is 6.72. The first kappa shape index (κ1) is 13.6. The normalized spacial score (nSPS) is 28.4. The van der Waals surface area contributed by atoms with Crippen molar-refractivity contribution >= 4 is 11.3 Å². The maximum Gasteiger partial charge on any atom is 0.0741 e. The number of ether oxygens (including phenoxy) is 2. The minimum atomic E-state index is 0.0866. The molecular formula is C15H23NO2S. The van der Waals surface area contributed by atoms with Gasteiger partial charge in [0, 0.05) is 36.8 Å². The first-order chi connectivity index (χ1) is 9.27. The number of nitrogens with one attached hydrogen (secondary N) is 1. The van der Waals surface area contributed by atoms with E-state index >= 15 is 0 Å². The van der Waals surface area contributed by atoms with Gasteiger partial charge in [0.15, 0.2) is 0 Å². The summed E-state index contributed by atoms with van der Waals surface area (Å²) in [5.74, 6) is 0. The van der Waals surface area contributed by atoms with E-state index in [1.807, 2.05) is 11.3 Å². The molecule has 1 spiro atoms. The Morgan fingerprint density at radius 3 is 2.95 bits per heavy atom. The lowest BCUT2D eigenvalue weighted by atomic mass is 9.84. The molecule has 19 heavy (non-hydrogen) atoms. The molecular weight excluding hydrogens is 258 g/mol. The molecule has 3 rings (SSSR count). The number of rotatable bonds is 3. The monoisotopic (exact) mass is 281 g/mol. The molecule has 106 valence electrons. The third-order valence-electron chi connectivity index (χ3n) is 4.35. The van der Waals surface area contributed by atoms with E-state index in [0.717, 1.165) is 45.5 Å². The second kappa shape index (κ2) is 5.92. The molecule has 0 saturated carbocycles. The molecule has 2 fully saturated rings. The van der Waals surface area contributed by atoms with Crippen LogP contribution in [0.2, 0.25) is 0 Å². The summed E-state index contributed by atoms with van der Waals surface area (Å²) in [6.07, 6.45) is 4.36. The van der Waals surface area contributed by atoms with Gasteiger partial charge in [-0.15, -0.1) is 11.3 Å². The number of thiophene rings is 1. The van der Waals surface area contributed by atoms with Crippen molar-refractivity contribution < 1.29 is 9.47 Å². The molecule has 2 aliphatic rings. The lowest BCUT2D eigenvalue weighted by Gasteiger charge is -2.44. The third kappa shape index (κ3) is 3.19. The zero-order chi connectivity index (χ0) is 13.1. The Morgan fingerprint density at radius 2 is 2.21 bits per heavy atom. The number of hydrogen-bond acceptors (Lipinski definition) is 4. The fourth-order valence-corrected chi connectivity index (χ4v) is 3.98. The van der Waals surface area contributed by atoms with Gasteiger partial charge in [-0.05, 0) is 44.1 Å². The predicted octanol–water partition coefficient (Wildman–Crippen LogP) is 3.13. The van der Waals surface area contributed by atoms with Crippen LogP contribution >= 0.6 is 11.3 Å². The predicted molar refractivity (Wildman–Crippen MR) is 77.6 cm³/mol. The van der Waals surface area contributed by atoms with Crippen molar-refractivity contribution in [3.63, 3.8) is 0 Å². The van der Waals surface area contributed by atoms with Crippen LogP contribution in [0, 0.1) is 0 Å². The zero-order valence-corrected chi connectivity index (χ0v) is 12.4. The van der Waals surface area contributed by atoms with Crippen LogP contribution in [0.15, 0.2) is 17.5 Å². The van der Waals surface area contributed by atoms with Gasteiger partial charge in [0.05, 0.1) is 5.60 Å². The van der Waals surface area contributed by atoms with Crippen molar-refractivity contribution in [2.45, 2.75) is 50.3 Å². The Hall–Kier alpha value is -0.420. The first-order valence-corrected chi connectivity index (χ1v) is 8.17. The smallest absolute Gasteiger partial charge is 0.0741 e. The molecule has 2 saturated heterocycles. The van der Waals surface area contributed by atoms with Crippen LogP contribution < -0.4 is 5.32 Å². The second-order valence-electron chi connectivity index (χ2n) is 5.74. The highest BCUT2D eigenvalue weighted by atomic mass is 32.1. The summed E-state index contributed by atoms with van der Waals surface area (Å²) in [7, 11) is 0. The topological polar surface area (TPSA) is 30.5 Å². The van der Waals surface area contributed by atoms with E-state index in [0.29, 0.717) is 12.1 Å². The quantitative estimate of drug-likeness (QED) is 0.923. The third-order valence-corrected chi connectivity index (χ3v) is 5.41. The summed E-state index contributed by atoms with van der Waals surface area (Å²) in [5.41, 5.74) is 0.0866. The van der Waals surface area contributed by atoms with Gasteiger partial charge in [-0.1, -0.05) is 6.07 Å². The van der Waals surface area contributed by atoms with E-state index in [1.54, 1.807) is 0 Å². The summed E-state index contributed by atoms with van der Waals surface area (Å²) in [5, 5.41) is 5.93. The highest BCUT2D eigenvalue weighted by Gasteiger charge is 2.39. The van der Waals surface area contributed by atoms with Crippen molar-refractivity contribution in [3.05, 3.63) is 22.4 Å². The summed E-state index contributed by atoms with van der Waals surface area (Å²) in [6, 6.07) is 5.36. The minimum Gasteiger partial charge on any atom is -0.381 e. The Balaban J connectivity index is 1.59. The largest absolute Gasteiger partial charge is 0.381 e. The molecule has 0 radical (unpaired) electrons. The molecule has 0 bridgehead atoms. The van der Waals surface area contributed by atoms with Crippen LogP contribution in [0.4, 0.5) is 0 Å². The van der Waals surface area contributed by atoms with Crippen LogP contribution in [0.3, 0.4) is 0 Å². The van der Waals surface area contributed by atoms with Crippen LogP contribution in [-0.2, 0) is 9.47 Å². The van der Waals surface area contributed by atoms with Gasteiger partial charge in [0.2, 0.25) is 0 Å². The Labute approximate surface area is 119 Å². The van der Waals surface area contributed by atoms with E-state index < -0.39 is 0 Å². The molecule has 2 aliphatic heterocycles. The van der Waals surface area contributed by atoms with Gasteiger partial charge in [-0.3, -0.25) is 0 Å².